The minimum absolute atomic E-state index is 0.551. The number of rotatable bonds is 4. The van der Waals surface area contributed by atoms with Crippen molar-refractivity contribution in [3.05, 3.63) is 182 Å². The Balaban J connectivity index is 1.20. The van der Waals surface area contributed by atoms with Gasteiger partial charge in [-0.1, -0.05) is 146 Å². The van der Waals surface area contributed by atoms with Crippen LogP contribution in [0.2, 0.25) is 0 Å². The molecule has 0 aliphatic heterocycles. The third-order valence-corrected chi connectivity index (χ3v) is 11.2. The second-order valence-corrected chi connectivity index (χ2v) is 14.4. The van der Waals surface area contributed by atoms with Crippen molar-refractivity contribution >= 4 is 76.1 Å². The van der Waals surface area contributed by atoms with E-state index in [1.165, 1.54) is 21.5 Å². The highest BCUT2D eigenvalue weighted by Crippen LogP contribution is 2.44. The molecule has 0 amide bonds. The molecule has 0 spiro atoms. The summed E-state index contributed by atoms with van der Waals surface area (Å²) >= 11 is 0. The largest absolute Gasteiger partial charge is 0.455 e. The van der Waals surface area contributed by atoms with Crippen LogP contribution in [0.1, 0.15) is 0 Å². The molecule has 0 saturated carbocycles. The van der Waals surface area contributed by atoms with Gasteiger partial charge in [-0.05, 0) is 63.3 Å². The second-order valence-electron chi connectivity index (χ2n) is 14.4. The van der Waals surface area contributed by atoms with Crippen LogP contribution in [0.5, 0.6) is 0 Å². The summed E-state index contributed by atoms with van der Waals surface area (Å²) < 4.78 is 9.53. The summed E-state index contributed by atoms with van der Waals surface area (Å²) in [6, 6.07) is 63.8. The number of furan rings is 1. The van der Waals surface area contributed by atoms with Gasteiger partial charge in [0.25, 0.3) is 0 Å². The molecule has 3 heterocycles. The summed E-state index contributed by atoms with van der Waals surface area (Å²) in [5, 5.41) is 11.3. The van der Waals surface area contributed by atoms with Crippen molar-refractivity contribution in [2.75, 3.05) is 0 Å². The lowest BCUT2D eigenvalue weighted by Crippen LogP contribution is -2.01. The highest BCUT2D eigenvalue weighted by molar-refractivity contribution is 6.21. The topological polar surface area (TPSA) is 56.7 Å². The first kappa shape index (κ1) is 30.8. The summed E-state index contributed by atoms with van der Waals surface area (Å²) in [5.41, 5.74) is 7.54. The van der Waals surface area contributed by atoms with Crippen molar-refractivity contribution in [3.8, 4) is 39.9 Å². The Kier molecular flexibility index (Phi) is 6.56. The van der Waals surface area contributed by atoms with Crippen LogP contribution in [-0.2, 0) is 0 Å². The van der Waals surface area contributed by atoms with Gasteiger partial charge in [0.05, 0.1) is 27.7 Å². The molecule has 5 nitrogen and oxygen atoms in total. The Morgan fingerprint density at radius 1 is 0.357 bits per heavy atom. The Morgan fingerprint density at radius 2 is 0.982 bits per heavy atom. The van der Waals surface area contributed by atoms with E-state index in [9.17, 15) is 0 Å². The maximum Gasteiger partial charge on any atom is 0.167 e. The highest BCUT2D eigenvalue weighted by Gasteiger charge is 2.24. The molecule has 260 valence electrons. The fourth-order valence-corrected chi connectivity index (χ4v) is 8.62. The van der Waals surface area contributed by atoms with Crippen molar-refractivity contribution in [3.63, 3.8) is 0 Å². The molecule has 0 saturated heterocycles. The molecule has 5 heteroatoms. The number of aromatic nitrogens is 4. The zero-order chi connectivity index (χ0) is 36.7. The van der Waals surface area contributed by atoms with Crippen LogP contribution in [-0.4, -0.2) is 19.5 Å². The molecular weight excluding hydrogens is 685 g/mol. The van der Waals surface area contributed by atoms with Gasteiger partial charge in [0.15, 0.2) is 17.5 Å². The van der Waals surface area contributed by atoms with E-state index in [2.05, 4.69) is 156 Å². The van der Waals surface area contributed by atoms with E-state index >= 15 is 0 Å². The quantitative estimate of drug-likeness (QED) is 0.182. The van der Waals surface area contributed by atoms with E-state index in [4.69, 9.17) is 19.4 Å². The van der Waals surface area contributed by atoms with Crippen molar-refractivity contribution in [1.29, 1.82) is 0 Å². The number of benzene rings is 9. The Hall–Kier alpha value is -7.63. The molecule has 0 radical (unpaired) electrons. The van der Waals surface area contributed by atoms with Crippen molar-refractivity contribution in [1.82, 2.24) is 19.5 Å². The average molecular weight is 715 g/mol. The molecule has 0 aliphatic carbocycles. The average Bonchev–Trinajstić information content (AvgIpc) is 3.82. The smallest absolute Gasteiger partial charge is 0.167 e. The fraction of sp³-hybridized carbons (Fsp3) is 0. The van der Waals surface area contributed by atoms with Crippen LogP contribution in [0.15, 0.2) is 186 Å². The molecule has 0 unspecified atom stereocenters. The van der Waals surface area contributed by atoms with Crippen LogP contribution in [0, 0.1) is 0 Å². The minimum Gasteiger partial charge on any atom is -0.455 e. The number of hydrogen-bond acceptors (Lipinski definition) is 4. The SMILES string of the molecule is c1ccc(-c2nc(-c3cccc4ccccc34)nc(-c3ccc(-n4c5ccccc5c5cc6ccccc6cc54)c4c3oc3c5ccccc5ccc34)n2)cc1. The number of para-hydroxylation sites is 1. The summed E-state index contributed by atoms with van der Waals surface area (Å²) in [5.74, 6) is 1.76. The molecule has 0 atom stereocenters. The predicted octanol–water partition coefficient (Wildman–Crippen LogP) is 13.3. The van der Waals surface area contributed by atoms with Crippen LogP contribution < -0.4 is 0 Å². The molecular formula is C51H30N4O. The molecule has 9 aromatic carbocycles. The summed E-state index contributed by atoms with van der Waals surface area (Å²) in [4.78, 5) is 15.6. The third kappa shape index (κ3) is 4.58. The Labute approximate surface area is 320 Å². The summed E-state index contributed by atoms with van der Waals surface area (Å²) in [7, 11) is 0. The molecule has 56 heavy (non-hydrogen) atoms. The lowest BCUT2D eigenvalue weighted by atomic mass is 10.0. The monoisotopic (exact) mass is 714 g/mol. The zero-order valence-corrected chi connectivity index (χ0v) is 30.0. The molecule has 0 bridgehead atoms. The van der Waals surface area contributed by atoms with E-state index in [0.717, 1.165) is 76.9 Å². The minimum atomic E-state index is 0.551. The van der Waals surface area contributed by atoms with Crippen LogP contribution >= 0.6 is 0 Å². The number of nitrogens with zero attached hydrogens (tertiary/aromatic N) is 4. The van der Waals surface area contributed by atoms with Gasteiger partial charge in [-0.2, -0.15) is 0 Å². The lowest BCUT2D eigenvalue weighted by molar-refractivity contribution is 0.673. The fourth-order valence-electron chi connectivity index (χ4n) is 8.62. The van der Waals surface area contributed by atoms with Gasteiger partial charge in [-0.3, -0.25) is 0 Å². The Bertz CT molecular complexity index is 3540. The molecule has 3 aromatic heterocycles. The standard InChI is InChI=1S/C51H30N4O/c1-2-15-33(16-3-1)49-52-50(39-23-12-19-31-13-6-8-20-36(31)39)54-51(53-49)41-27-28-44(46-40-26-25-32-14-7-9-21-37(32)47(40)56-48(41)46)55-43-24-11-10-22-38(43)42-29-34-17-4-5-18-35(34)30-45(42)55/h1-30H. The first-order chi connectivity index (χ1) is 27.8. The molecule has 0 aliphatic rings. The van der Waals surface area contributed by atoms with E-state index in [1.807, 2.05) is 30.3 Å². The summed E-state index contributed by atoms with van der Waals surface area (Å²) in [6.45, 7) is 0. The molecule has 12 aromatic rings. The van der Waals surface area contributed by atoms with Gasteiger partial charge in [0.2, 0.25) is 0 Å². The maximum atomic E-state index is 7.13. The lowest BCUT2D eigenvalue weighted by Gasteiger charge is -2.13. The van der Waals surface area contributed by atoms with Gasteiger partial charge < -0.3 is 8.98 Å². The van der Waals surface area contributed by atoms with Gasteiger partial charge >= 0.3 is 0 Å². The van der Waals surface area contributed by atoms with Gasteiger partial charge in [0, 0.05) is 32.7 Å². The van der Waals surface area contributed by atoms with E-state index in [-0.39, 0.29) is 0 Å². The molecule has 0 fully saturated rings. The van der Waals surface area contributed by atoms with Crippen LogP contribution in [0.25, 0.3) is 116 Å². The van der Waals surface area contributed by atoms with Gasteiger partial charge in [0.1, 0.15) is 11.2 Å². The van der Waals surface area contributed by atoms with E-state index < -0.39 is 0 Å². The van der Waals surface area contributed by atoms with Crippen molar-refractivity contribution in [2.24, 2.45) is 0 Å². The van der Waals surface area contributed by atoms with Gasteiger partial charge in [-0.15, -0.1) is 0 Å². The second kappa shape index (κ2) is 11.9. The Morgan fingerprint density at radius 3 is 1.80 bits per heavy atom. The third-order valence-electron chi connectivity index (χ3n) is 11.2. The zero-order valence-electron chi connectivity index (χ0n) is 30.0. The van der Waals surface area contributed by atoms with E-state index in [1.54, 1.807) is 0 Å². The maximum absolute atomic E-state index is 7.13. The predicted molar refractivity (Wildman–Crippen MR) is 230 cm³/mol. The number of fused-ring (bicyclic) bond motifs is 10. The van der Waals surface area contributed by atoms with Gasteiger partial charge in [-0.25, -0.2) is 15.0 Å². The first-order valence-electron chi connectivity index (χ1n) is 18.9. The van der Waals surface area contributed by atoms with Crippen LogP contribution in [0.4, 0.5) is 0 Å². The molecule has 0 N–H and O–H groups in total. The van der Waals surface area contributed by atoms with Crippen molar-refractivity contribution < 1.29 is 4.42 Å². The highest BCUT2D eigenvalue weighted by atomic mass is 16.3. The first-order valence-corrected chi connectivity index (χ1v) is 18.9. The van der Waals surface area contributed by atoms with Crippen molar-refractivity contribution in [2.45, 2.75) is 0 Å². The summed E-state index contributed by atoms with van der Waals surface area (Å²) in [6.07, 6.45) is 0. The van der Waals surface area contributed by atoms with E-state index in [0.29, 0.717) is 17.5 Å². The molecule has 12 rings (SSSR count). The normalized spacial score (nSPS) is 11.9. The van der Waals surface area contributed by atoms with Crippen LogP contribution in [0.3, 0.4) is 0 Å². The number of hydrogen-bond donors (Lipinski definition) is 0.